The molecule has 2 rings (SSSR count). The van der Waals surface area contributed by atoms with Gasteiger partial charge in [0.15, 0.2) is 0 Å². The lowest BCUT2D eigenvalue weighted by Crippen LogP contribution is -2.29. The summed E-state index contributed by atoms with van der Waals surface area (Å²) in [6.07, 6.45) is 0. The summed E-state index contributed by atoms with van der Waals surface area (Å²) < 4.78 is 0.922. The molecule has 0 spiro atoms. The van der Waals surface area contributed by atoms with Gasteiger partial charge in [-0.2, -0.15) is 0 Å². The van der Waals surface area contributed by atoms with Crippen LogP contribution >= 0.6 is 39.1 Å². The minimum Gasteiger partial charge on any atom is -0.271 e. The molecule has 2 aromatic carbocycles. The predicted octanol–water partition coefficient (Wildman–Crippen LogP) is 4.31. The van der Waals surface area contributed by atoms with Crippen molar-refractivity contribution in [1.82, 2.24) is 5.43 Å². The van der Waals surface area contributed by atoms with Crippen molar-refractivity contribution < 1.29 is 0 Å². The van der Waals surface area contributed by atoms with E-state index in [9.17, 15) is 0 Å². The Labute approximate surface area is 124 Å². The zero-order valence-corrected chi connectivity index (χ0v) is 12.4. The van der Waals surface area contributed by atoms with Crippen LogP contribution in [0.2, 0.25) is 10.0 Å². The van der Waals surface area contributed by atoms with Gasteiger partial charge in [0, 0.05) is 14.5 Å². The first-order valence-electron chi connectivity index (χ1n) is 5.29. The second-order valence-electron chi connectivity index (χ2n) is 3.79. The zero-order chi connectivity index (χ0) is 13.1. The Bertz CT molecular complexity index is 560. The molecule has 0 saturated heterocycles. The molecule has 0 aliphatic carbocycles. The molecule has 18 heavy (non-hydrogen) atoms. The third kappa shape index (κ3) is 2.87. The molecule has 1 atom stereocenters. The van der Waals surface area contributed by atoms with Crippen LogP contribution in [0.3, 0.4) is 0 Å². The Kier molecular flexibility index (Phi) is 4.65. The summed E-state index contributed by atoms with van der Waals surface area (Å²) in [5, 5.41) is 1.28. The van der Waals surface area contributed by atoms with Gasteiger partial charge in [0.05, 0.1) is 6.04 Å². The maximum Gasteiger partial charge on any atom is 0.0738 e. The standard InChI is InChI=1S/C13H11BrCl2N2/c14-8-5-6-10(12(16)7-8)13(18-17)9-3-1-2-4-11(9)15/h1-7,13,18H,17H2. The monoisotopic (exact) mass is 344 g/mol. The molecule has 2 aromatic rings. The van der Waals surface area contributed by atoms with Crippen molar-refractivity contribution in [3.8, 4) is 0 Å². The van der Waals surface area contributed by atoms with Crippen LogP contribution in [0.15, 0.2) is 46.9 Å². The third-order valence-corrected chi connectivity index (χ3v) is 3.82. The molecule has 0 amide bonds. The van der Waals surface area contributed by atoms with Crippen molar-refractivity contribution in [2.75, 3.05) is 0 Å². The molecule has 0 aliphatic heterocycles. The van der Waals surface area contributed by atoms with Crippen molar-refractivity contribution in [3.63, 3.8) is 0 Å². The summed E-state index contributed by atoms with van der Waals surface area (Å²) in [5.74, 6) is 5.63. The van der Waals surface area contributed by atoms with Gasteiger partial charge in [-0.1, -0.05) is 63.4 Å². The van der Waals surface area contributed by atoms with E-state index in [0.717, 1.165) is 15.6 Å². The van der Waals surface area contributed by atoms with E-state index in [4.69, 9.17) is 29.0 Å². The number of hydrazine groups is 1. The summed E-state index contributed by atoms with van der Waals surface area (Å²) in [6.45, 7) is 0. The van der Waals surface area contributed by atoms with E-state index in [2.05, 4.69) is 21.4 Å². The number of benzene rings is 2. The van der Waals surface area contributed by atoms with Crippen molar-refractivity contribution >= 4 is 39.1 Å². The Morgan fingerprint density at radius 2 is 1.67 bits per heavy atom. The molecule has 2 nitrogen and oxygen atoms in total. The lowest BCUT2D eigenvalue weighted by molar-refractivity contribution is 0.637. The second-order valence-corrected chi connectivity index (χ2v) is 5.52. The molecule has 0 aromatic heterocycles. The van der Waals surface area contributed by atoms with E-state index >= 15 is 0 Å². The Balaban J connectivity index is 2.49. The van der Waals surface area contributed by atoms with Crippen molar-refractivity contribution in [1.29, 1.82) is 0 Å². The summed E-state index contributed by atoms with van der Waals surface area (Å²) in [5.41, 5.74) is 4.53. The van der Waals surface area contributed by atoms with Gasteiger partial charge in [-0.05, 0) is 29.3 Å². The van der Waals surface area contributed by atoms with E-state index in [0.29, 0.717) is 10.0 Å². The van der Waals surface area contributed by atoms with Gasteiger partial charge in [-0.15, -0.1) is 0 Å². The molecule has 5 heteroatoms. The number of nitrogens with two attached hydrogens (primary N) is 1. The number of nitrogens with one attached hydrogen (secondary N) is 1. The molecule has 0 bridgehead atoms. The number of rotatable bonds is 3. The largest absolute Gasteiger partial charge is 0.271 e. The molecule has 0 saturated carbocycles. The van der Waals surface area contributed by atoms with Gasteiger partial charge in [0.2, 0.25) is 0 Å². The van der Waals surface area contributed by atoms with Crippen LogP contribution in [0.5, 0.6) is 0 Å². The van der Waals surface area contributed by atoms with Crippen molar-refractivity contribution in [2.45, 2.75) is 6.04 Å². The number of hydrogen-bond donors (Lipinski definition) is 2. The van der Waals surface area contributed by atoms with Crippen LogP contribution in [0.25, 0.3) is 0 Å². The van der Waals surface area contributed by atoms with E-state index in [-0.39, 0.29) is 6.04 Å². The highest BCUT2D eigenvalue weighted by atomic mass is 79.9. The van der Waals surface area contributed by atoms with Crippen LogP contribution in [0.1, 0.15) is 17.2 Å². The highest BCUT2D eigenvalue weighted by Gasteiger charge is 2.17. The summed E-state index contributed by atoms with van der Waals surface area (Å²) in [6, 6.07) is 13.0. The van der Waals surface area contributed by atoms with Crippen molar-refractivity contribution in [3.05, 3.63) is 68.1 Å². The van der Waals surface area contributed by atoms with Gasteiger partial charge < -0.3 is 0 Å². The van der Waals surface area contributed by atoms with Gasteiger partial charge in [-0.25, -0.2) is 5.43 Å². The van der Waals surface area contributed by atoms with Crippen LogP contribution < -0.4 is 11.3 Å². The van der Waals surface area contributed by atoms with Gasteiger partial charge in [0.25, 0.3) is 0 Å². The predicted molar refractivity (Wildman–Crippen MR) is 79.8 cm³/mol. The molecular formula is C13H11BrCl2N2. The van der Waals surface area contributed by atoms with E-state index < -0.39 is 0 Å². The molecule has 1 unspecified atom stereocenters. The van der Waals surface area contributed by atoms with Crippen LogP contribution in [0.4, 0.5) is 0 Å². The summed E-state index contributed by atoms with van der Waals surface area (Å²) in [4.78, 5) is 0. The van der Waals surface area contributed by atoms with E-state index in [1.54, 1.807) is 0 Å². The molecule has 0 heterocycles. The molecule has 3 N–H and O–H groups in total. The zero-order valence-electron chi connectivity index (χ0n) is 9.33. The Morgan fingerprint density at radius 3 is 2.28 bits per heavy atom. The smallest absolute Gasteiger partial charge is 0.0738 e. The topological polar surface area (TPSA) is 38.0 Å². The maximum absolute atomic E-state index is 6.24. The lowest BCUT2D eigenvalue weighted by Gasteiger charge is -2.19. The van der Waals surface area contributed by atoms with Crippen LogP contribution in [-0.2, 0) is 0 Å². The first-order chi connectivity index (χ1) is 8.63. The van der Waals surface area contributed by atoms with Crippen LogP contribution in [0, 0.1) is 0 Å². The van der Waals surface area contributed by atoms with Crippen LogP contribution in [-0.4, -0.2) is 0 Å². The lowest BCUT2D eigenvalue weighted by atomic mass is 9.99. The fourth-order valence-electron chi connectivity index (χ4n) is 1.79. The number of halogens is 3. The second kappa shape index (κ2) is 6.04. The highest BCUT2D eigenvalue weighted by molar-refractivity contribution is 9.10. The van der Waals surface area contributed by atoms with E-state index in [1.165, 1.54) is 0 Å². The third-order valence-electron chi connectivity index (χ3n) is 2.66. The fourth-order valence-corrected chi connectivity index (χ4v) is 2.82. The normalized spacial score (nSPS) is 12.4. The Hall–Kier alpha value is -0.580. The van der Waals surface area contributed by atoms with Gasteiger partial charge in [-0.3, -0.25) is 5.84 Å². The minimum absolute atomic E-state index is 0.237. The SMILES string of the molecule is NNC(c1ccccc1Cl)c1ccc(Br)cc1Cl. The Morgan fingerprint density at radius 1 is 1.00 bits per heavy atom. The molecular weight excluding hydrogens is 335 g/mol. The summed E-state index contributed by atoms with van der Waals surface area (Å²) >= 11 is 15.8. The first-order valence-corrected chi connectivity index (χ1v) is 6.84. The maximum atomic E-state index is 6.24. The molecule has 0 radical (unpaired) electrons. The number of hydrogen-bond acceptors (Lipinski definition) is 2. The average molecular weight is 346 g/mol. The summed E-state index contributed by atoms with van der Waals surface area (Å²) in [7, 11) is 0. The van der Waals surface area contributed by atoms with E-state index in [1.807, 2.05) is 42.5 Å². The average Bonchev–Trinajstić information content (AvgIpc) is 2.34. The van der Waals surface area contributed by atoms with Gasteiger partial charge >= 0.3 is 0 Å². The van der Waals surface area contributed by atoms with Gasteiger partial charge in [0.1, 0.15) is 0 Å². The molecule has 0 fully saturated rings. The fraction of sp³-hybridized carbons (Fsp3) is 0.0769. The van der Waals surface area contributed by atoms with Crippen molar-refractivity contribution in [2.24, 2.45) is 5.84 Å². The molecule has 0 aliphatic rings. The highest BCUT2D eigenvalue weighted by Crippen LogP contribution is 2.33. The quantitative estimate of drug-likeness (QED) is 0.642. The first kappa shape index (κ1) is 13.8. The minimum atomic E-state index is -0.237. The molecule has 94 valence electrons.